The fourth-order valence-electron chi connectivity index (χ4n) is 2.39. The van der Waals surface area contributed by atoms with Gasteiger partial charge in [0.1, 0.15) is 6.29 Å². The first-order valence-electron chi connectivity index (χ1n) is 6.83. The number of halogens is 1. The lowest BCUT2D eigenvalue weighted by Gasteiger charge is -2.24. The quantitative estimate of drug-likeness (QED) is 0.306. The van der Waals surface area contributed by atoms with Crippen LogP contribution < -0.4 is 0 Å². The van der Waals surface area contributed by atoms with Crippen molar-refractivity contribution >= 4 is 23.9 Å². The summed E-state index contributed by atoms with van der Waals surface area (Å²) in [4.78, 5) is 23.0. The Morgan fingerprint density at radius 2 is 2.16 bits per heavy atom. The predicted octanol–water partition coefficient (Wildman–Crippen LogP) is 2.46. The van der Waals surface area contributed by atoms with Gasteiger partial charge in [0.25, 0.3) is 0 Å². The van der Waals surface area contributed by atoms with E-state index in [9.17, 15) is 9.59 Å². The van der Waals surface area contributed by atoms with E-state index in [1.165, 1.54) is 0 Å². The van der Waals surface area contributed by atoms with E-state index in [0.29, 0.717) is 18.9 Å². The van der Waals surface area contributed by atoms with Crippen LogP contribution in [0.25, 0.3) is 0 Å². The highest BCUT2D eigenvalue weighted by Crippen LogP contribution is 2.25. The second-order valence-corrected chi connectivity index (χ2v) is 5.42. The van der Waals surface area contributed by atoms with Crippen molar-refractivity contribution in [3.63, 3.8) is 0 Å². The predicted molar refractivity (Wildman–Crippen MR) is 75.5 cm³/mol. The number of hydrogen-bond acceptors (Lipinski definition) is 3. The van der Waals surface area contributed by atoms with Gasteiger partial charge in [0, 0.05) is 25.4 Å². The van der Waals surface area contributed by atoms with Crippen LogP contribution in [0, 0.1) is 0 Å². The summed E-state index contributed by atoms with van der Waals surface area (Å²) >= 11 is 6.29. The molecule has 1 heterocycles. The monoisotopic (exact) mass is 287 g/mol. The molecule has 0 unspecified atom stereocenters. The van der Waals surface area contributed by atoms with Crippen LogP contribution in [-0.2, 0) is 9.59 Å². The minimum absolute atomic E-state index is 0.148. The van der Waals surface area contributed by atoms with Gasteiger partial charge in [-0.3, -0.25) is 9.69 Å². The van der Waals surface area contributed by atoms with E-state index in [-0.39, 0.29) is 11.8 Å². The number of rotatable bonds is 9. The first-order chi connectivity index (χ1) is 9.15. The molecule has 108 valence electrons. The highest BCUT2D eigenvalue weighted by molar-refractivity contribution is 6.21. The Morgan fingerprint density at radius 3 is 2.84 bits per heavy atom. The molecule has 19 heavy (non-hydrogen) atoms. The lowest BCUT2D eigenvalue weighted by atomic mass is 10.1. The number of allylic oxidation sites excluding steroid dienone is 1. The summed E-state index contributed by atoms with van der Waals surface area (Å²) in [7, 11) is 0. The lowest BCUT2D eigenvalue weighted by molar-refractivity contribution is -0.137. The van der Waals surface area contributed by atoms with Crippen molar-refractivity contribution in [1.29, 1.82) is 0 Å². The molecule has 2 atom stereocenters. The van der Waals surface area contributed by atoms with Crippen LogP contribution in [-0.4, -0.2) is 46.8 Å². The minimum Gasteiger partial charge on any atom is -0.481 e. The molecule has 0 aromatic rings. The number of carbonyl (C=O) groups is 2. The summed E-state index contributed by atoms with van der Waals surface area (Å²) < 4.78 is 0. The number of carboxylic acids is 1. The maximum Gasteiger partial charge on any atom is 0.303 e. The number of aliphatic carboxylic acids is 1. The zero-order valence-corrected chi connectivity index (χ0v) is 11.9. The van der Waals surface area contributed by atoms with Crippen molar-refractivity contribution in [3.8, 4) is 0 Å². The summed E-state index contributed by atoms with van der Waals surface area (Å²) in [6.45, 7) is 1.74. The van der Waals surface area contributed by atoms with Gasteiger partial charge >= 0.3 is 5.97 Å². The fraction of sp³-hybridized carbons (Fsp3) is 0.714. The van der Waals surface area contributed by atoms with Crippen molar-refractivity contribution in [2.75, 3.05) is 13.1 Å². The molecular formula is C14H22ClNO3. The smallest absolute Gasteiger partial charge is 0.303 e. The maximum atomic E-state index is 10.4. The van der Waals surface area contributed by atoms with Gasteiger partial charge < -0.3 is 9.90 Å². The Morgan fingerprint density at radius 1 is 1.37 bits per heavy atom. The number of likely N-dealkylation sites (tertiary alicyclic amines) is 1. The Hall–Kier alpha value is -0.870. The Labute approximate surface area is 119 Å². The summed E-state index contributed by atoms with van der Waals surface area (Å²) in [6.07, 6.45) is 9.15. The molecule has 0 saturated carbocycles. The van der Waals surface area contributed by atoms with Gasteiger partial charge in [-0.05, 0) is 32.2 Å². The Balaban J connectivity index is 2.26. The molecule has 5 heteroatoms. The number of carbonyl (C=O) groups excluding carboxylic acids is 1. The molecule has 1 rings (SSSR count). The molecule has 0 aromatic carbocycles. The SMILES string of the molecule is O=CCCN1CC[C@@H](Cl)[C@@H]1C/C=C\CCCC(=O)O. The van der Waals surface area contributed by atoms with Crippen LogP contribution in [0.3, 0.4) is 0 Å². The molecular weight excluding hydrogens is 266 g/mol. The van der Waals surface area contributed by atoms with E-state index in [0.717, 1.165) is 38.6 Å². The van der Waals surface area contributed by atoms with Crippen LogP contribution in [0.2, 0.25) is 0 Å². The van der Waals surface area contributed by atoms with E-state index in [4.69, 9.17) is 16.7 Å². The van der Waals surface area contributed by atoms with Crippen LogP contribution in [0.4, 0.5) is 0 Å². The molecule has 0 radical (unpaired) electrons. The number of alkyl halides is 1. The molecule has 0 bridgehead atoms. The van der Waals surface area contributed by atoms with Crippen LogP contribution in [0.15, 0.2) is 12.2 Å². The van der Waals surface area contributed by atoms with Crippen LogP contribution in [0.5, 0.6) is 0 Å². The van der Waals surface area contributed by atoms with Crippen molar-refractivity contribution < 1.29 is 14.7 Å². The van der Waals surface area contributed by atoms with Gasteiger partial charge in [-0.15, -0.1) is 11.6 Å². The second-order valence-electron chi connectivity index (χ2n) is 4.86. The third-order valence-corrected chi connectivity index (χ3v) is 3.93. The van der Waals surface area contributed by atoms with E-state index in [1.807, 2.05) is 6.08 Å². The van der Waals surface area contributed by atoms with Gasteiger partial charge in [0.2, 0.25) is 0 Å². The minimum atomic E-state index is -0.745. The number of hydrogen-bond donors (Lipinski definition) is 1. The first kappa shape index (κ1) is 16.2. The highest BCUT2D eigenvalue weighted by atomic mass is 35.5. The standard InChI is InChI=1S/C14H22ClNO3/c15-12-8-10-16(9-5-11-17)13(12)6-3-1-2-4-7-14(18)19/h1,3,11-13H,2,4-10H2,(H,18,19)/b3-1-/t12-,13+/m1/s1. The summed E-state index contributed by atoms with van der Waals surface area (Å²) in [5, 5.41) is 8.67. The Kier molecular flexibility index (Phi) is 7.75. The molecule has 4 nitrogen and oxygen atoms in total. The van der Waals surface area contributed by atoms with Crippen molar-refractivity contribution in [1.82, 2.24) is 4.90 Å². The molecule has 1 aliphatic rings. The highest BCUT2D eigenvalue weighted by Gasteiger charge is 2.31. The van der Waals surface area contributed by atoms with Crippen LogP contribution in [0.1, 0.15) is 38.5 Å². The van der Waals surface area contributed by atoms with Crippen molar-refractivity contribution in [3.05, 3.63) is 12.2 Å². The average molecular weight is 288 g/mol. The zero-order valence-electron chi connectivity index (χ0n) is 11.1. The normalized spacial score (nSPS) is 24.1. The van der Waals surface area contributed by atoms with E-state index < -0.39 is 5.97 Å². The molecule has 0 aromatic heterocycles. The largest absolute Gasteiger partial charge is 0.481 e. The fourth-order valence-corrected chi connectivity index (χ4v) is 2.75. The number of nitrogens with zero attached hydrogens (tertiary/aromatic N) is 1. The van der Waals surface area contributed by atoms with Crippen LogP contribution >= 0.6 is 11.6 Å². The maximum absolute atomic E-state index is 10.4. The van der Waals surface area contributed by atoms with E-state index >= 15 is 0 Å². The number of carboxylic acid groups (broad SMARTS) is 1. The van der Waals surface area contributed by atoms with Gasteiger partial charge in [-0.1, -0.05) is 12.2 Å². The average Bonchev–Trinajstić information content (AvgIpc) is 2.72. The molecule has 0 spiro atoms. The Bertz CT molecular complexity index is 320. The van der Waals surface area contributed by atoms with Crippen molar-refractivity contribution in [2.24, 2.45) is 0 Å². The summed E-state index contributed by atoms with van der Waals surface area (Å²) in [6, 6.07) is 0.303. The van der Waals surface area contributed by atoms with E-state index in [2.05, 4.69) is 11.0 Å². The first-order valence-corrected chi connectivity index (χ1v) is 7.27. The topological polar surface area (TPSA) is 57.6 Å². The molecule has 1 aliphatic heterocycles. The third kappa shape index (κ3) is 6.21. The molecule has 0 amide bonds. The zero-order chi connectivity index (χ0) is 14.1. The summed E-state index contributed by atoms with van der Waals surface area (Å²) in [5.41, 5.74) is 0. The molecule has 1 fully saturated rings. The van der Waals surface area contributed by atoms with Gasteiger partial charge in [-0.2, -0.15) is 0 Å². The second kappa shape index (κ2) is 9.10. The van der Waals surface area contributed by atoms with Crippen molar-refractivity contribution in [2.45, 2.75) is 49.9 Å². The summed E-state index contributed by atoms with van der Waals surface area (Å²) in [5.74, 6) is -0.745. The van der Waals surface area contributed by atoms with Gasteiger partial charge in [0.15, 0.2) is 0 Å². The molecule has 1 N–H and O–H groups in total. The van der Waals surface area contributed by atoms with Gasteiger partial charge in [-0.25, -0.2) is 0 Å². The van der Waals surface area contributed by atoms with E-state index in [1.54, 1.807) is 0 Å². The lowest BCUT2D eigenvalue weighted by Crippen LogP contribution is -2.33. The number of aldehydes is 1. The molecule has 1 saturated heterocycles. The number of unbranched alkanes of at least 4 members (excludes halogenated alkanes) is 1. The van der Waals surface area contributed by atoms with Gasteiger partial charge in [0.05, 0.1) is 5.38 Å². The third-order valence-electron chi connectivity index (χ3n) is 3.42. The molecule has 0 aliphatic carbocycles.